The van der Waals surface area contributed by atoms with E-state index in [1.807, 2.05) is 18.2 Å². The van der Waals surface area contributed by atoms with Crippen molar-refractivity contribution in [3.8, 4) is 11.8 Å². The first-order valence-electron chi connectivity index (χ1n) is 5.53. The van der Waals surface area contributed by atoms with Crippen LogP contribution in [-0.2, 0) is 6.42 Å². The Labute approximate surface area is 105 Å². The minimum absolute atomic E-state index is 0.220. The standard InChI is InChI=1S/C15H11NO2/c16-11-10-12-6-4-5-9-14(12)18-15(17)13-7-2-1-3-8-13/h1-9H,10H2. The summed E-state index contributed by atoms with van der Waals surface area (Å²) >= 11 is 0. The molecular weight excluding hydrogens is 226 g/mol. The Hall–Kier alpha value is -2.60. The lowest BCUT2D eigenvalue weighted by molar-refractivity contribution is 0.0733. The molecule has 0 atom stereocenters. The van der Waals surface area contributed by atoms with E-state index in [0.717, 1.165) is 0 Å². The van der Waals surface area contributed by atoms with Gasteiger partial charge in [-0.3, -0.25) is 0 Å². The van der Waals surface area contributed by atoms with Crippen LogP contribution in [0.5, 0.6) is 5.75 Å². The highest BCUT2D eigenvalue weighted by molar-refractivity contribution is 5.91. The number of hydrogen-bond acceptors (Lipinski definition) is 3. The third-order valence-electron chi connectivity index (χ3n) is 2.45. The molecule has 2 aromatic rings. The van der Waals surface area contributed by atoms with Crippen LogP contribution in [0.25, 0.3) is 0 Å². The lowest BCUT2D eigenvalue weighted by Crippen LogP contribution is -2.09. The van der Waals surface area contributed by atoms with Crippen molar-refractivity contribution in [3.05, 3.63) is 65.7 Å². The normalized spacial score (nSPS) is 9.50. The van der Waals surface area contributed by atoms with Crippen LogP contribution in [0.3, 0.4) is 0 Å². The molecule has 3 nitrogen and oxygen atoms in total. The van der Waals surface area contributed by atoms with Crippen LogP contribution in [-0.4, -0.2) is 5.97 Å². The van der Waals surface area contributed by atoms with Crippen molar-refractivity contribution in [1.82, 2.24) is 0 Å². The van der Waals surface area contributed by atoms with Gasteiger partial charge in [0, 0.05) is 5.56 Å². The van der Waals surface area contributed by atoms with Gasteiger partial charge in [0.25, 0.3) is 0 Å². The van der Waals surface area contributed by atoms with Crippen molar-refractivity contribution in [2.45, 2.75) is 6.42 Å². The fourth-order valence-corrected chi connectivity index (χ4v) is 1.57. The van der Waals surface area contributed by atoms with E-state index in [1.54, 1.807) is 42.5 Å². The highest BCUT2D eigenvalue weighted by atomic mass is 16.5. The highest BCUT2D eigenvalue weighted by Gasteiger charge is 2.10. The quantitative estimate of drug-likeness (QED) is 0.609. The molecule has 0 aliphatic heterocycles. The molecule has 0 aromatic heterocycles. The van der Waals surface area contributed by atoms with Gasteiger partial charge in [-0.1, -0.05) is 36.4 Å². The Kier molecular flexibility index (Phi) is 3.72. The van der Waals surface area contributed by atoms with E-state index in [4.69, 9.17) is 10.00 Å². The molecule has 0 aliphatic rings. The molecule has 3 heteroatoms. The Morgan fingerprint density at radius 3 is 2.44 bits per heavy atom. The SMILES string of the molecule is N#CCc1ccccc1OC(=O)c1ccccc1. The van der Waals surface area contributed by atoms with Gasteiger partial charge >= 0.3 is 5.97 Å². The van der Waals surface area contributed by atoms with E-state index in [0.29, 0.717) is 16.9 Å². The molecular formula is C15H11NO2. The lowest BCUT2D eigenvalue weighted by atomic mass is 10.1. The molecule has 0 amide bonds. The molecule has 2 rings (SSSR count). The summed E-state index contributed by atoms with van der Waals surface area (Å²) < 4.78 is 5.29. The lowest BCUT2D eigenvalue weighted by Gasteiger charge is -2.07. The number of carbonyl (C=O) groups is 1. The summed E-state index contributed by atoms with van der Waals surface area (Å²) in [6, 6.07) is 17.9. The maximum Gasteiger partial charge on any atom is 0.343 e. The van der Waals surface area contributed by atoms with Gasteiger partial charge in [0.15, 0.2) is 0 Å². The summed E-state index contributed by atoms with van der Waals surface area (Å²) in [5, 5.41) is 8.70. The van der Waals surface area contributed by atoms with Crippen LogP contribution in [0.15, 0.2) is 54.6 Å². The van der Waals surface area contributed by atoms with Gasteiger partial charge in [-0.05, 0) is 18.2 Å². The minimum Gasteiger partial charge on any atom is -0.423 e. The van der Waals surface area contributed by atoms with Crippen LogP contribution in [0, 0.1) is 11.3 Å². The molecule has 0 saturated carbocycles. The number of ether oxygens (including phenoxy) is 1. The summed E-state index contributed by atoms with van der Waals surface area (Å²) in [6.45, 7) is 0. The minimum atomic E-state index is -0.416. The van der Waals surface area contributed by atoms with Gasteiger partial charge < -0.3 is 4.74 Å². The fraction of sp³-hybridized carbons (Fsp3) is 0.0667. The van der Waals surface area contributed by atoms with E-state index in [1.165, 1.54) is 0 Å². The van der Waals surface area contributed by atoms with Crippen molar-refractivity contribution in [2.24, 2.45) is 0 Å². The van der Waals surface area contributed by atoms with Gasteiger partial charge in [-0.15, -0.1) is 0 Å². The van der Waals surface area contributed by atoms with Crippen molar-refractivity contribution >= 4 is 5.97 Å². The van der Waals surface area contributed by atoms with E-state index < -0.39 is 5.97 Å². The van der Waals surface area contributed by atoms with E-state index in [-0.39, 0.29) is 6.42 Å². The Morgan fingerprint density at radius 2 is 1.72 bits per heavy atom. The molecule has 88 valence electrons. The van der Waals surface area contributed by atoms with Crippen molar-refractivity contribution < 1.29 is 9.53 Å². The zero-order valence-electron chi connectivity index (χ0n) is 9.67. The number of hydrogen-bond donors (Lipinski definition) is 0. The molecule has 0 fully saturated rings. The Balaban J connectivity index is 2.20. The van der Waals surface area contributed by atoms with Gasteiger partial charge in [0.2, 0.25) is 0 Å². The van der Waals surface area contributed by atoms with Gasteiger partial charge in [-0.2, -0.15) is 5.26 Å². The number of rotatable bonds is 3. The summed E-state index contributed by atoms with van der Waals surface area (Å²) in [5.74, 6) is 0.0221. The number of carbonyl (C=O) groups excluding carboxylic acids is 1. The van der Waals surface area contributed by atoms with Gasteiger partial charge in [-0.25, -0.2) is 4.79 Å². The maximum absolute atomic E-state index is 11.9. The number of para-hydroxylation sites is 1. The second-order valence-electron chi connectivity index (χ2n) is 3.70. The monoisotopic (exact) mass is 237 g/mol. The van der Waals surface area contributed by atoms with Crippen LogP contribution in [0.4, 0.5) is 0 Å². The predicted molar refractivity (Wildman–Crippen MR) is 67.2 cm³/mol. The van der Waals surface area contributed by atoms with E-state index in [9.17, 15) is 4.79 Å². The summed E-state index contributed by atoms with van der Waals surface area (Å²) in [5.41, 5.74) is 1.20. The molecule has 0 heterocycles. The number of benzene rings is 2. The van der Waals surface area contributed by atoms with Crippen molar-refractivity contribution in [1.29, 1.82) is 5.26 Å². The number of nitrogens with zero attached hydrogens (tertiary/aromatic N) is 1. The van der Waals surface area contributed by atoms with Crippen LogP contribution in [0.1, 0.15) is 15.9 Å². The maximum atomic E-state index is 11.9. The Bertz CT molecular complexity index is 585. The van der Waals surface area contributed by atoms with Crippen molar-refractivity contribution in [2.75, 3.05) is 0 Å². The molecule has 0 aliphatic carbocycles. The first kappa shape index (κ1) is 11.9. The first-order valence-corrected chi connectivity index (χ1v) is 5.53. The predicted octanol–water partition coefficient (Wildman–Crippen LogP) is 2.97. The Morgan fingerprint density at radius 1 is 1.06 bits per heavy atom. The average molecular weight is 237 g/mol. The molecule has 18 heavy (non-hydrogen) atoms. The number of esters is 1. The zero-order chi connectivity index (χ0) is 12.8. The molecule has 0 unspecified atom stereocenters. The van der Waals surface area contributed by atoms with E-state index >= 15 is 0 Å². The van der Waals surface area contributed by atoms with Crippen molar-refractivity contribution in [3.63, 3.8) is 0 Å². The molecule has 0 saturated heterocycles. The number of nitriles is 1. The molecule has 0 N–H and O–H groups in total. The molecule has 2 aromatic carbocycles. The summed E-state index contributed by atoms with van der Waals surface area (Å²) in [4.78, 5) is 11.9. The smallest absolute Gasteiger partial charge is 0.343 e. The second kappa shape index (κ2) is 5.65. The molecule has 0 bridgehead atoms. The van der Waals surface area contributed by atoms with Crippen LogP contribution < -0.4 is 4.74 Å². The topological polar surface area (TPSA) is 50.1 Å². The summed E-state index contributed by atoms with van der Waals surface area (Å²) in [7, 11) is 0. The zero-order valence-corrected chi connectivity index (χ0v) is 9.67. The van der Waals surface area contributed by atoms with Crippen LogP contribution in [0.2, 0.25) is 0 Å². The first-order chi connectivity index (χ1) is 8.81. The van der Waals surface area contributed by atoms with Gasteiger partial charge in [0.1, 0.15) is 5.75 Å². The second-order valence-corrected chi connectivity index (χ2v) is 3.70. The fourth-order valence-electron chi connectivity index (χ4n) is 1.57. The molecule has 0 radical (unpaired) electrons. The third-order valence-corrected chi connectivity index (χ3v) is 2.45. The largest absolute Gasteiger partial charge is 0.423 e. The average Bonchev–Trinajstić information content (AvgIpc) is 2.42. The van der Waals surface area contributed by atoms with Gasteiger partial charge in [0.05, 0.1) is 18.1 Å². The van der Waals surface area contributed by atoms with E-state index in [2.05, 4.69) is 0 Å². The van der Waals surface area contributed by atoms with Crippen LogP contribution >= 0.6 is 0 Å². The molecule has 0 spiro atoms. The summed E-state index contributed by atoms with van der Waals surface area (Å²) in [6.07, 6.45) is 0.220. The third kappa shape index (κ3) is 2.74. The highest BCUT2D eigenvalue weighted by Crippen LogP contribution is 2.19.